The second kappa shape index (κ2) is 6.13. The number of hydrogen-bond donors (Lipinski definition) is 2. The van der Waals surface area contributed by atoms with Gasteiger partial charge in [0, 0.05) is 30.5 Å². The monoisotopic (exact) mass is 308 g/mol. The Labute approximate surface area is 126 Å². The summed E-state index contributed by atoms with van der Waals surface area (Å²) >= 11 is 1.67. The van der Waals surface area contributed by atoms with Crippen molar-refractivity contribution in [3.8, 4) is 0 Å². The molecule has 0 bridgehead atoms. The number of likely N-dealkylation sites (N-methyl/N-ethyl adjacent to an activating group) is 1. The van der Waals surface area contributed by atoms with Crippen LogP contribution in [-0.4, -0.2) is 24.2 Å². The maximum atomic E-state index is 13.8. The number of hydrogen-bond acceptors (Lipinski definition) is 4. The fourth-order valence-electron chi connectivity index (χ4n) is 2.14. The number of carboxylic acid groups (broad SMARTS) is 1. The summed E-state index contributed by atoms with van der Waals surface area (Å²) in [4.78, 5) is 14.0. The van der Waals surface area contributed by atoms with Crippen molar-refractivity contribution in [2.45, 2.75) is 19.4 Å². The molecule has 1 atom stereocenters. The van der Waals surface area contributed by atoms with Crippen molar-refractivity contribution in [3.63, 3.8) is 0 Å². The molecule has 21 heavy (non-hydrogen) atoms. The summed E-state index contributed by atoms with van der Waals surface area (Å²) in [6.45, 7) is 2.02. The summed E-state index contributed by atoms with van der Waals surface area (Å²) in [5, 5.41) is 10.9. The number of nitrogens with two attached hydrogens (primary N) is 1. The van der Waals surface area contributed by atoms with Gasteiger partial charge in [-0.25, -0.2) is 9.18 Å². The van der Waals surface area contributed by atoms with E-state index < -0.39 is 17.3 Å². The Bertz CT molecular complexity index is 643. The number of carboxylic acids is 1. The number of rotatable bonds is 5. The molecule has 0 aliphatic heterocycles. The van der Waals surface area contributed by atoms with Gasteiger partial charge >= 0.3 is 5.97 Å². The molecule has 112 valence electrons. The molecule has 0 saturated heterocycles. The van der Waals surface area contributed by atoms with Crippen LogP contribution < -0.4 is 10.6 Å². The predicted molar refractivity (Wildman–Crippen MR) is 83.7 cm³/mol. The van der Waals surface area contributed by atoms with Gasteiger partial charge in [-0.05, 0) is 24.4 Å². The number of anilines is 2. The van der Waals surface area contributed by atoms with Gasteiger partial charge in [0.15, 0.2) is 0 Å². The van der Waals surface area contributed by atoms with E-state index in [1.807, 2.05) is 36.4 Å². The highest BCUT2D eigenvalue weighted by molar-refractivity contribution is 7.09. The van der Waals surface area contributed by atoms with Gasteiger partial charge in [0.2, 0.25) is 0 Å². The number of halogens is 1. The average molecular weight is 308 g/mol. The van der Waals surface area contributed by atoms with E-state index in [0.717, 1.165) is 6.42 Å². The zero-order valence-electron chi connectivity index (χ0n) is 11.8. The lowest BCUT2D eigenvalue weighted by molar-refractivity contribution is 0.0692. The maximum Gasteiger partial charge on any atom is 0.338 e. The lowest BCUT2D eigenvalue weighted by atomic mass is 10.1. The van der Waals surface area contributed by atoms with Crippen LogP contribution in [0.5, 0.6) is 0 Å². The first-order valence-corrected chi connectivity index (χ1v) is 7.35. The van der Waals surface area contributed by atoms with Gasteiger partial charge in [-0.15, -0.1) is 11.3 Å². The maximum absolute atomic E-state index is 13.8. The van der Waals surface area contributed by atoms with Crippen LogP contribution in [0.3, 0.4) is 0 Å². The van der Waals surface area contributed by atoms with Crippen LogP contribution in [0.15, 0.2) is 29.6 Å². The summed E-state index contributed by atoms with van der Waals surface area (Å²) < 4.78 is 13.8. The first-order chi connectivity index (χ1) is 9.90. The highest BCUT2D eigenvalue weighted by Crippen LogP contribution is 2.28. The van der Waals surface area contributed by atoms with E-state index in [1.165, 1.54) is 17.0 Å². The lowest BCUT2D eigenvalue weighted by Gasteiger charge is -2.28. The molecule has 2 rings (SSSR count). The van der Waals surface area contributed by atoms with Gasteiger partial charge in [0.05, 0.1) is 16.9 Å². The van der Waals surface area contributed by atoms with Crippen LogP contribution in [0.25, 0.3) is 0 Å². The third kappa shape index (κ3) is 3.33. The minimum Gasteiger partial charge on any atom is -0.478 e. The summed E-state index contributed by atoms with van der Waals surface area (Å²) in [6, 6.07) is 6.50. The van der Waals surface area contributed by atoms with E-state index in [9.17, 15) is 9.18 Å². The summed E-state index contributed by atoms with van der Waals surface area (Å²) in [5.41, 5.74) is 6.22. The molecule has 4 nitrogen and oxygen atoms in total. The van der Waals surface area contributed by atoms with Crippen molar-refractivity contribution in [2.75, 3.05) is 17.7 Å². The van der Waals surface area contributed by atoms with Crippen LogP contribution in [0.4, 0.5) is 15.8 Å². The Hall–Kier alpha value is -2.08. The molecule has 1 heterocycles. The van der Waals surface area contributed by atoms with Crippen LogP contribution in [-0.2, 0) is 6.42 Å². The molecule has 6 heteroatoms. The van der Waals surface area contributed by atoms with E-state index in [1.54, 1.807) is 11.3 Å². The van der Waals surface area contributed by atoms with Crippen molar-refractivity contribution in [2.24, 2.45) is 0 Å². The molecular weight excluding hydrogens is 291 g/mol. The molecule has 0 amide bonds. The van der Waals surface area contributed by atoms with Crippen molar-refractivity contribution in [1.82, 2.24) is 0 Å². The molecule has 1 aromatic carbocycles. The highest BCUT2D eigenvalue weighted by atomic mass is 32.1. The summed E-state index contributed by atoms with van der Waals surface area (Å²) in [6.07, 6.45) is 0.815. The SMILES string of the molecule is CC(Cc1cccs1)N(C)c1cc(F)c(C(=O)O)cc1N. The molecule has 2 aromatic rings. The third-order valence-corrected chi connectivity index (χ3v) is 4.36. The van der Waals surface area contributed by atoms with E-state index in [0.29, 0.717) is 5.69 Å². The van der Waals surface area contributed by atoms with Crippen LogP contribution in [0.1, 0.15) is 22.2 Å². The predicted octanol–water partition coefficient (Wildman–Crippen LogP) is 3.24. The topological polar surface area (TPSA) is 66.6 Å². The van der Waals surface area contributed by atoms with Crippen molar-refractivity contribution in [3.05, 3.63) is 45.9 Å². The Balaban J connectivity index is 2.24. The van der Waals surface area contributed by atoms with Crippen LogP contribution in [0, 0.1) is 5.82 Å². The summed E-state index contributed by atoms with van der Waals surface area (Å²) in [7, 11) is 1.82. The second-order valence-corrected chi connectivity index (χ2v) is 5.97. The zero-order chi connectivity index (χ0) is 15.6. The lowest BCUT2D eigenvalue weighted by Crippen LogP contribution is -2.31. The molecule has 3 N–H and O–H groups in total. The minimum atomic E-state index is -1.32. The van der Waals surface area contributed by atoms with Gasteiger partial charge in [-0.3, -0.25) is 0 Å². The smallest absolute Gasteiger partial charge is 0.338 e. The standard InChI is InChI=1S/C15H17FN2O2S/c1-9(6-10-4-3-5-21-10)18(2)14-8-12(16)11(15(19)20)7-13(14)17/h3-5,7-9H,6,17H2,1-2H3,(H,19,20). The van der Waals surface area contributed by atoms with Crippen molar-refractivity contribution < 1.29 is 14.3 Å². The van der Waals surface area contributed by atoms with Crippen LogP contribution in [0.2, 0.25) is 0 Å². The Morgan fingerprint density at radius 2 is 2.24 bits per heavy atom. The first kappa shape index (κ1) is 15.3. The number of aromatic carboxylic acids is 1. The van der Waals surface area contributed by atoms with Crippen LogP contribution >= 0.6 is 11.3 Å². The molecule has 0 spiro atoms. The van der Waals surface area contributed by atoms with Gasteiger partial charge in [-0.2, -0.15) is 0 Å². The number of benzene rings is 1. The largest absolute Gasteiger partial charge is 0.478 e. The van der Waals surface area contributed by atoms with Gasteiger partial charge in [0.25, 0.3) is 0 Å². The fourth-order valence-corrected chi connectivity index (χ4v) is 2.97. The quantitative estimate of drug-likeness (QED) is 0.832. The number of nitrogens with zero attached hydrogens (tertiary/aromatic N) is 1. The molecule has 0 saturated carbocycles. The van der Waals surface area contributed by atoms with E-state index in [2.05, 4.69) is 0 Å². The van der Waals surface area contributed by atoms with E-state index in [4.69, 9.17) is 10.8 Å². The van der Waals surface area contributed by atoms with E-state index in [-0.39, 0.29) is 11.7 Å². The molecule has 0 aliphatic carbocycles. The summed E-state index contributed by atoms with van der Waals surface area (Å²) in [5.74, 6) is -2.10. The molecule has 0 radical (unpaired) electrons. The molecule has 0 aliphatic rings. The molecule has 1 unspecified atom stereocenters. The third-order valence-electron chi connectivity index (χ3n) is 3.46. The van der Waals surface area contributed by atoms with Crippen molar-refractivity contribution in [1.29, 1.82) is 0 Å². The zero-order valence-corrected chi connectivity index (χ0v) is 12.7. The van der Waals surface area contributed by atoms with Gasteiger partial charge in [-0.1, -0.05) is 6.07 Å². The number of thiophene rings is 1. The molecule has 0 fully saturated rings. The fraction of sp³-hybridized carbons (Fsp3) is 0.267. The van der Waals surface area contributed by atoms with E-state index >= 15 is 0 Å². The molecular formula is C15H17FN2O2S. The average Bonchev–Trinajstić information content (AvgIpc) is 2.92. The second-order valence-electron chi connectivity index (χ2n) is 4.94. The molecule has 1 aromatic heterocycles. The number of nitrogen functional groups attached to an aromatic ring is 1. The minimum absolute atomic E-state index is 0.112. The van der Waals surface area contributed by atoms with Gasteiger partial charge in [0.1, 0.15) is 5.82 Å². The highest BCUT2D eigenvalue weighted by Gasteiger charge is 2.18. The van der Waals surface area contributed by atoms with Gasteiger partial charge < -0.3 is 15.7 Å². The Kier molecular flexibility index (Phi) is 4.47. The Morgan fingerprint density at radius 3 is 2.81 bits per heavy atom. The van der Waals surface area contributed by atoms with Crippen molar-refractivity contribution >= 4 is 28.7 Å². The Morgan fingerprint density at radius 1 is 1.52 bits per heavy atom. The number of carbonyl (C=O) groups is 1. The normalized spacial score (nSPS) is 12.1. The first-order valence-electron chi connectivity index (χ1n) is 6.47.